The molecule has 0 aliphatic carbocycles. The molecule has 0 unspecified atom stereocenters. The second-order valence-electron chi connectivity index (χ2n) is 9.57. The molecule has 1 aliphatic heterocycles. The molecular formula is C30H30N4O10. The van der Waals surface area contributed by atoms with Gasteiger partial charge in [-0.25, -0.2) is 4.79 Å². The normalized spacial score (nSPS) is 12.2. The quantitative estimate of drug-likeness (QED) is 0.106. The third-order valence-corrected chi connectivity index (χ3v) is 6.35. The van der Waals surface area contributed by atoms with E-state index in [9.17, 15) is 28.8 Å². The zero-order valence-corrected chi connectivity index (χ0v) is 23.8. The van der Waals surface area contributed by atoms with Crippen LogP contribution in [0.5, 0.6) is 5.75 Å². The molecule has 44 heavy (non-hydrogen) atoms. The van der Waals surface area contributed by atoms with E-state index in [0.29, 0.717) is 44.5 Å². The molecule has 3 heterocycles. The molecule has 14 heteroatoms. The predicted molar refractivity (Wildman–Crippen MR) is 154 cm³/mol. The van der Waals surface area contributed by atoms with Gasteiger partial charge in [0, 0.05) is 43.8 Å². The van der Waals surface area contributed by atoms with Crippen LogP contribution in [0.15, 0.2) is 69.9 Å². The lowest BCUT2D eigenvalue weighted by atomic mass is 10.1. The Hall–Kier alpha value is -5.66. The van der Waals surface area contributed by atoms with Crippen LogP contribution < -0.4 is 20.7 Å². The number of carbonyl (C=O) groups excluding carboxylic acids is 6. The first-order valence-corrected chi connectivity index (χ1v) is 13.7. The number of imide groups is 1. The number of unbranched alkanes of at least 4 members (excludes halogenated alkanes) is 2. The van der Waals surface area contributed by atoms with E-state index in [2.05, 4.69) is 20.7 Å². The zero-order valence-electron chi connectivity index (χ0n) is 23.8. The number of anilines is 2. The molecule has 4 rings (SSSR count). The van der Waals surface area contributed by atoms with Crippen molar-refractivity contribution < 1.29 is 47.1 Å². The number of amides is 5. The third-order valence-electron chi connectivity index (χ3n) is 6.35. The van der Waals surface area contributed by atoms with Crippen molar-refractivity contribution in [1.29, 1.82) is 0 Å². The van der Waals surface area contributed by atoms with E-state index in [1.165, 1.54) is 48.8 Å². The molecule has 0 saturated heterocycles. The molecule has 5 amide bonds. The van der Waals surface area contributed by atoms with Crippen LogP contribution in [0.25, 0.3) is 0 Å². The first-order valence-electron chi connectivity index (χ1n) is 13.7. The first-order chi connectivity index (χ1) is 21.2. The second-order valence-corrected chi connectivity index (χ2v) is 9.57. The Labute approximate surface area is 251 Å². The molecule has 0 radical (unpaired) electrons. The molecule has 0 fully saturated rings. The highest BCUT2D eigenvalue weighted by Gasteiger charge is 2.22. The van der Waals surface area contributed by atoms with Crippen molar-refractivity contribution in [2.24, 2.45) is 0 Å². The molecule has 0 bridgehead atoms. The van der Waals surface area contributed by atoms with E-state index in [1.54, 1.807) is 24.3 Å². The molecule has 3 N–H and O–H groups in total. The van der Waals surface area contributed by atoms with Crippen LogP contribution in [0, 0.1) is 0 Å². The number of carbonyl (C=O) groups is 6. The van der Waals surface area contributed by atoms with Gasteiger partial charge in [0.2, 0.25) is 0 Å². The Kier molecular flexibility index (Phi) is 10.7. The van der Waals surface area contributed by atoms with E-state index in [0.717, 1.165) is 5.56 Å². The van der Waals surface area contributed by atoms with Crippen LogP contribution in [0.3, 0.4) is 0 Å². The summed E-state index contributed by atoms with van der Waals surface area (Å²) < 4.78 is 20.2. The van der Waals surface area contributed by atoms with E-state index in [-0.39, 0.29) is 47.1 Å². The fourth-order valence-electron chi connectivity index (χ4n) is 4.08. The fraction of sp³-hybridized carbons (Fsp3) is 0.267. The topological polar surface area (TPSA) is 186 Å². The first kappa shape index (κ1) is 31.3. The van der Waals surface area contributed by atoms with Crippen molar-refractivity contribution in [2.75, 3.05) is 30.8 Å². The van der Waals surface area contributed by atoms with Gasteiger partial charge in [-0.05, 0) is 37.0 Å². The molecule has 0 saturated carbocycles. The van der Waals surface area contributed by atoms with Gasteiger partial charge >= 0.3 is 12.1 Å². The largest absolute Gasteiger partial charge is 0.457 e. The van der Waals surface area contributed by atoms with Crippen LogP contribution in [0.4, 0.5) is 16.2 Å². The number of hydrogen-bond donors (Lipinski definition) is 3. The molecule has 1 aliphatic rings. The molecular weight excluding hydrogens is 576 g/mol. The predicted octanol–water partition coefficient (Wildman–Crippen LogP) is 3.67. The number of methoxy groups -OCH3 is 1. The smallest absolute Gasteiger partial charge is 0.411 e. The summed E-state index contributed by atoms with van der Waals surface area (Å²) in [5, 5.41) is 7.63. The highest BCUT2D eigenvalue weighted by molar-refractivity contribution is 6.12. The van der Waals surface area contributed by atoms with Gasteiger partial charge in [0.1, 0.15) is 18.3 Å². The summed E-state index contributed by atoms with van der Waals surface area (Å²) in [6.45, 7) is 0.628. The number of furan rings is 2. The lowest BCUT2D eigenvalue weighted by molar-refractivity contribution is -0.137. The number of nitrogens with zero attached hydrogens (tertiary/aromatic N) is 1. The van der Waals surface area contributed by atoms with Gasteiger partial charge in [0.05, 0.1) is 18.5 Å². The van der Waals surface area contributed by atoms with Crippen LogP contribution >= 0.6 is 0 Å². The molecule has 0 atom stereocenters. The summed E-state index contributed by atoms with van der Waals surface area (Å²) in [6, 6.07) is 9.58. The van der Waals surface area contributed by atoms with E-state index >= 15 is 0 Å². The van der Waals surface area contributed by atoms with Gasteiger partial charge < -0.3 is 28.9 Å². The number of rotatable bonds is 14. The summed E-state index contributed by atoms with van der Waals surface area (Å²) in [7, 11) is 1.20. The Morgan fingerprint density at radius 2 is 1.45 bits per heavy atom. The summed E-state index contributed by atoms with van der Waals surface area (Å²) >= 11 is 0. The maximum Gasteiger partial charge on any atom is 0.411 e. The van der Waals surface area contributed by atoms with Crippen molar-refractivity contribution in [3.05, 3.63) is 78.2 Å². The van der Waals surface area contributed by atoms with Crippen LogP contribution in [-0.2, 0) is 25.5 Å². The SMILES string of the molecule is COC(=O)Nc1coc(C(=O)Nc2coc(C(=O)NCCc3ccc(OC(=O)CCCCCN4C(=O)C=CC4=O)cc3)c2)c1. The van der Waals surface area contributed by atoms with Crippen molar-refractivity contribution in [1.82, 2.24) is 10.2 Å². The second kappa shape index (κ2) is 15.0. The van der Waals surface area contributed by atoms with Crippen molar-refractivity contribution >= 4 is 47.1 Å². The average Bonchev–Trinajstić information content (AvgIpc) is 3.75. The van der Waals surface area contributed by atoms with Gasteiger partial charge in [-0.1, -0.05) is 18.6 Å². The van der Waals surface area contributed by atoms with Crippen LogP contribution in [-0.4, -0.2) is 60.8 Å². The lowest BCUT2D eigenvalue weighted by Crippen LogP contribution is -2.30. The van der Waals surface area contributed by atoms with Crippen molar-refractivity contribution in [2.45, 2.75) is 32.1 Å². The standard InChI is InChI=1S/C30H30N4O10/c1-41-30(40)33-21-16-24(43-18-21)29(39)32-20-15-23(42-17-20)28(38)31-13-12-19-6-8-22(9-7-19)44-27(37)5-3-2-4-14-34-25(35)10-11-26(34)36/h6-11,15-18H,2-5,12-14H2,1H3,(H,31,38)(H,32,39)(H,33,40). The minimum absolute atomic E-state index is 0.00918. The van der Waals surface area contributed by atoms with E-state index < -0.39 is 17.9 Å². The molecule has 2 aromatic heterocycles. The van der Waals surface area contributed by atoms with Gasteiger partial charge in [-0.15, -0.1) is 0 Å². The van der Waals surface area contributed by atoms with Crippen molar-refractivity contribution in [3.8, 4) is 5.75 Å². The summed E-state index contributed by atoms with van der Waals surface area (Å²) in [5.74, 6) is -1.78. The highest BCUT2D eigenvalue weighted by atomic mass is 16.5. The summed E-state index contributed by atoms with van der Waals surface area (Å²) in [6.07, 6.45) is 6.74. The van der Waals surface area contributed by atoms with Gasteiger partial charge in [0.25, 0.3) is 23.6 Å². The van der Waals surface area contributed by atoms with E-state index in [1.807, 2.05) is 0 Å². The number of benzene rings is 1. The maximum absolute atomic E-state index is 12.5. The van der Waals surface area contributed by atoms with Gasteiger partial charge in [-0.2, -0.15) is 0 Å². The highest BCUT2D eigenvalue weighted by Crippen LogP contribution is 2.18. The molecule has 1 aromatic carbocycles. The molecule has 230 valence electrons. The van der Waals surface area contributed by atoms with Gasteiger partial charge in [-0.3, -0.25) is 34.2 Å². The number of hydrogen-bond acceptors (Lipinski definition) is 10. The third kappa shape index (κ3) is 8.92. The Morgan fingerprint density at radius 3 is 2.11 bits per heavy atom. The zero-order chi connectivity index (χ0) is 31.5. The Bertz CT molecular complexity index is 1540. The van der Waals surface area contributed by atoms with Crippen LogP contribution in [0.2, 0.25) is 0 Å². The number of esters is 1. The van der Waals surface area contributed by atoms with Crippen LogP contribution in [0.1, 0.15) is 52.4 Å². The molecule has 0 spiro atoms. The van der Waals surface area contributed by atoms with Gasteiger partial charge in [0.15, 0.2) is 11.5 Å². The number of nitrogens with one attached hydrogen (secondary N) is 3. The fourth-order valence-corrected chi connectivity index (χ4v) is 4.08. The monoisotopic (exact) mass is 606 g/mol. The summed E-state index contributed by atoms with van der Waals surface area (Å²) in [5.41, 5.74) is 1.37. The average molecular weight is 607 g/mol. The Morgan fingerprint density at radius 1 is 0.818 bits per heavy atom. The summed E-state index contributed by atoms with van der Waals surface area (Å²) in [4.78, 5) is 72.4. The van der Waals surface area contributed by atoms with Crippen molar-refractivity contribution in [3.63, 3.8) is 0 Å². The minimum Gasteiger partial charge on any atom is -0.457 e. The Balaban J connectivity index is 1.12. The lowest BCUT2D eigenvalue weighted by Gasteiger charge is -2.13. The maximum atomic E-state index is 12.5. The molecule has 3 aromatic rings. The molecule has 14 nitrogen and oxygen atoms in total. The minimum atomic E-state index is -0.714. The van der Waals surface area contributed by atoms with E-state index in [4.69, 9.17) is 13.6 Å². The number of ether oxygens (including phenoxy) is 2.